The number of ether oxygens (including phenoxy) is 2. The molecule has 0 radical (unpaired) electrons. The highest BCUT2D eigenvalue weighted by Gasteiger charge is 2.21. The Bertz CT molecular complexity index is 1010. The average Bonchev–Trinajstić information content (AvgIpc) is 3.45. The van der Waals surface area contributed by atoms with E-state index >= 15 is 0 Å². The zero-order valence-electron chi connectivity index (χ0n) is 16.8. The smallest absolute Gasteiger partial charge is 0.262 e. The maximum atomic E-state index is 12.6. The normalized spacial score (nSPS) is 16.1. The Morgan fingerprint density at radius 3 is 2.76 bits per heavy atom. The Morgan fingerprint density at radius 2 is 2.00 bits per heavy atom. The minimum Gasteiger partial charge on any atom is -0.454 e. The number of nitrogens with one attached hydrogen (secondary N) is 1. The van der Waals surface area contributed by atoms with E-state index in [1.807, 2.05) is 24.3 Å². The first-order valence-corrected chi connectivity index (χ1v) is 10.0. The minimum absolute atomic E-state index is 0.109. The molecule has 1 aromatic heterocycles. The van der Waals surface area contributed by atoms with Crippen LogP contribution in [-0.4, -0.2) is 17.3 Å². The summed E-state index contributed by atoms with van der Waals surface area (Å²) in [4.78, 5) is 12.6. The van der Waals surface area contributed by atoms with Gasteiger partial charge >= 0.3 is 0 Å². The van der Waals surface area contributed by atoms with Crippen LogP contribution >= 0.6 is 0 Å². The van der Waals surface area contributed by atoms with E-state index in [2.05, 4.69) is 29.8 Å². The first-order valence-electron chi connectivity index (χ1n) is 10.0. The van der Waals surface area contributed by atoms with Gasteiger partial charge in [0.1, 0.15) is 11.6 Å². The molecule has 2 aromatic rings. The highest BCUT2D eigenvalue weighted by Crippen LogP contribution is 2.34. The number of carbonyl (C=O) groups excluding carboxylic acids is 1. The monoisotopic (exact) mass is 391 g/mol. The summed E-state index contributed by atoms with van der Waals surface area (Å²) in [5.41, 5.74) is 4.23. The molecule has 0 saturated heterocycles. The van der Waals surface area contributed by atoms with Crippen molar-refractivity contribution in [1.82, 2.24) is 9.88 Å². The van der Waals surface area contributed by atoms with Gasteiger partial charge in [-0.1, -0.05) is 18.9 Å². The van der Waals surface area contributed by atoms with Gasteiger partial charge in [-0.3, -0.25) is 4.79 Å². The second-order valence-electron chi connectivity index (χ2n) is 7.67. The molecule has 0 bridgehead atoms. The van der Waals surface area contributed by atoms with Gasteiger partial charge in [0.05, 0.1) is 0 Å². The van der Waals surface area contributed by atoms with E-state index in [4.69, 9.17) is 9.47 Å². The number of benzene rings is 1. The van der Waals surface area contributed by atoms with Crippen molar-refractivity contribution in [2.24, 2.45) is 0 Å². The zero-order valence-corrected chi connectivity index (χ0v) is 16.8. The number of aryl methyl sites for hydroxylation is 1. The number of amides is 1. The van der Waals surface area contributed by atoms with Gasteiger partial charge in [0.2, 0.25) is 6.79 Å². The van der Waals surface area contributed by atoms with Crippen LogP contribution < -0.4 is 14.8 Å². The van der Waals surface area contributed by atoms with Crippen LogP contribution in [0.25, 0.3) is 6.08 Å². The Hall–Kier alpha value is -3.20. The lowest BCUT2D eigenvalue weighted by molar-refractivity contribution is -0.117. The van der Waals surface area contributed by atoms with Gasteiger partial charge in [-0.2, -0.15) is 5.26 Å². The van der Waals surface area contributed by atoms with Crippen LogP contribution in [0.5, 0.6) is 11.5 Å². The van der Waals surface area contributed by atoms with Crippen LogP contribution in [0.4, 0.5) is 0 Å². The fraction of sp³-hybridized carbons (Fsp3) is 0.391. The van der Waals surface area contributed by atoms with Crippen molar-refractivity contribution < 1.29 is 14.3 Å². The van der Waals surface area contributed by atoms with Crippen molar-refractivity contribution in [3.8, 4) is 17.6 Å². The molecule has 2 heterocycles. The molecule has 1 aromatic carbocycles. The van der Waals surface area contributed by atoms with Gasteiger partial charge in [0.15, 0.2) is 11.5 Å². The Balaban J connectivity index is 1.48. The van der Waals surface area contributed by atoms with E-state index in [0.29, 0.717) is 24.1 Å². The number of rotatable bonds is 5. The average molecular weight is 391 g/mol. The van der Waals surface area contributed by atoms with Crippen molar-refractivity contribution in [1.29, 1.82) is 5.26 Å². The first-order chi connectivity index (χ1) is 14.1. The third kappa shape index (κ3) is 3.86. The Labute approximate surface area is 170 Å². The number of hydrogen-bond acceptors (Lipinski definition) is 4. The fourth-order valence-electron chi connectivity index (χ4n) is 4.31. The van der Waals surface area contributed by atoms with Gasteiger partial charge in [0.25, 0.3) is 5.91 Å². The second-order valence-corrected chi connectivity index (χ2v) is 7.67. The largest absolute Gasteiger partial charge is 0.454 e. The van der Waals surface area contributed by atoms with Gasteiger partial charge in [-0.05, 0) is 62.1 Å². The summed E-state index contributed by atoms with van der Waals surface area (Å²) in [7, 11) is 0. The van der Waals surface area contributed by atoms with Crippen LogP contribution in [0, 0.1) is 25.2 Å². The molecular formula is C23H25N3O3. The second kappa shape index (κ2) is 8.04. The van der Waals surface area contributed by atoms with Crippen molar-refractivity contribution in [3.05, 3.63) is 52.4 Å². The molecule has 4 rings (SSSR count). The maximum absolute atomic E-state index is 12.6. The molecule has 29 heavy (non-hydrogen) atoms. The fourth-order valence-corrected chi connectivity index (χ4v) is 4.31. The number of hydrogen-bond donors (Lipinski definition) is 1. The molecule has 6 nitrogen and oxygen atoms in total. The van der Waals surface area contributed by atoms with Crippen molar-refractivity contribution in [3.63, 3.8) is 0 Å². The van der Waals surface area contributed by atoms with E-state index in [0.717, 1.165) is 16.8 Å². The summed E-state index contributed by atoms with van der Waals surface area (Å²) in [5.74, 6) is 0.998. The third-order valence-corrected chi connectivity index (χ3v) is 5.77. The summed E-state index contributed by atoms with van der Waals surface area (Å²) in [6.45, 7) is 4.69. The lowest BCUT2D eigenvalue weighted by Crippen LogP contribution is -2.23. The molecule has 1 amide bonds. The molecule has 2 aliphatic rings. The SMILES string of the molecule is Cc1cc(/C=C(\C#N)C(=O)NCc2ccc3c(c2)OCO3)c(C)n1C1CCCC1. The van der Waals surface area contributed by atoms with Gasteiger partial charge in [-0.15, -0.1) is 0 Å². The number of nitrogens with zero attached hydrogens (tertiary/aromatic N) is 2. The quantitative estimate of drug-likeness (QED) is 0.613. The molecule has 1 aliphatic carbocycles. The number of carbonyl (C=O) groups is 1. The van der Waals surface area contributed by atoms with Crippen molar-refractivity contribution in [2.75, 3.05) is 6.79 Å². The molecule has 0 unspecified atom stereocenters. The maximum Gasteiger partial charge on any atom is 0.262 e. The first kappa shape index (κ1) is 19.1. The summed E-state index contributed by atoms with van der Waals surface area (Å²) in [6.07, 6.45) is 6.61. The Kier molecular flexibility index (Phi) is 5.30. The predicted octanol–water partition coefficient (Wildman–Crippen LogP) is 4.17. The molecule has 1 N–H and O–H groups in total. The number of fused-ring (bicyclic) bond motifs is 1. The summed E-state index contributed by atoms with van der Waals surface area (Å²) < 4.78 is 13.0. The van der Waals surface area contributed by atoms with E-state index in [1.54, 1.807) is 6.08 Å². The van der Waals surface area contributed by atoms with E-state index in [-0.39, 0.29) is 18.3 Å². The van der Waals surface area contributed by atoms with Gasteiger partial charge in [0, 0.05) is 24.0 Å². The molecule has 1 fully saturated rings. The van der Waals surface area contributed by atoms with Gasteiger partial charge < -0.3 is 19.4 Å². The van der Waals surface area contributed by atoms with Gasteiger partial charge in [-0.25, -0.2) is 0 Å². The van der Waals surface area contributed by atoms with Crippen LogP contribution in [0.15, 0.2) is 29.8 Å². The third-order valence-electron chi connectivity index (χ3n) is 5.77. The van der Waals surface area contributed by atoms with Crippen LogP contribution in [0.3, 0.4) is 0 Å². The van der Waals surface area contributed by atoms with Crippen LogP contribution in [-0.2, 0) is 11.3 Å². The lowest BCUT2D eigenvalue weighted by atomic mass is 10.1. The topological polar surface area (TPSA) is 76.3 Å². The number of nitriles is 1. The minimum atomic E-state index is -0.379. The van der Waals surface area contributed by atoms with E-state index < -0.39 is 0 Å². The molecule has 150 valence electrons. The molecule has 0 atom stereocenters. The highest BCUT2D eigenvalue weighted by molar-refractivity contribution is 6.01. The summed E-state index contributed by atoms with van der Waals surface area (Å²) in [6, 6.07) is 10.2. The molecule has 1 saturated carbocycles. The molecule has 0 spiro atoms. The van der Waals surface area contributed by atoms with Crippen LogP contribution in [0.1, 0.15) is 54.2 Å². The standard InChI is InChI=1S/C23H25N3O3/c1-15-9-18(16(2)26(15)20-5-3-4-6-20)11-19(12-24)23(27)25-13-17-7-8-21-22(10-17)29-14-28-21/h7-11,20H,3-6,13-14H2,1-2H3,(H,25,27)/b19-11+. The molecular weight excluding hydrogens is 366 g/mol. The molecule has 6 heteroatoms. The Morgan fingerprint density at radius 1 is 1.24 bits per heavy atom. The summed E-state index contributed by atoms with van der Waals surface area (Å²) in [5, 5.41) is 12.4. The zero-order chi connectivity index (χ0) is 20.4. The summed E-state index contributed by atoms with van der Waals surface area (Å²) >= 11 is 0. The molecule has 1 aliphatic heterocycles. The van der Waals surface area contributed by atoms with Crippen molar-refractivity contribution >= 4 is 12.0 Å². The van der Waals surface area contributed by atoms with Crippen molar-refractivity contribution in [2.45, 2.75) is 52.1 Å². The number of aromatic nitrogens is 1. The highest BCUT2D eigenvalue weighted by atomic mass is 16.7. The predicted molar refractivity (Wildman–Crippen MR) is 109 cm³/mol. The van der Waals surface area contributed by atoms with E-state index in [9.17, 15) is 10.1 Å². The van der Waals surface area contributed by atoms with Crippen LogP contribution in [0.2, 0.25) is 0 Å². The van der Waals surface area contributed by atoms with E-state index in [1.165, 1.54) is 31.4 Å². The lowest BCUT2D eigenvalue weighted by Gasteiger charge is -2.17.